The van der Waals surface area contributed by atoms with Crippen LogP contribution in [0.1, 0.15) is 19.3 Å². The van der Waals surface area contributed by atoms with Gasteiger partial charge in [0.25, 0.3) is 0 Å². The molecule has 1 aromatic heterocycles. The smallest absolute Gasteiger partial charge is 0.244 e. The number of nitrogens with zero attached hydrogens (tertiary/aromatic N) is 2. The van der Waals surface area contributed by atoms with Gasteiger partial charge in [-0.2, -0.15) is 0 Å². The van der Waals surface area contributed by atoms with E-state index in [4.69, 9.17) is 11.6 Å². The number of pyridine rings is 1. The van der Waals surface area contributed by atoms with Crippen molar-refractivity contribution in [3.63, 3.8) is 0 Å². The highest BCUT2D eigenvalue weighted by molar-refractivity contribution is 9.10. The first-order valence-electron chi connectivity index (χ1n) is 6.48. The van der Waals surface area contributed by atoms with Gasteiger partial charge in [-0.15, -0.1) is 0 Å². The number of rotatable bonds is 4. The van der Waals surface area contributed by atoms with Gasteiger partial charge in [-0.1, -0.05) is 11.6 Å². The summed E-state index contributed by atoms with van der Waals surface area (Å²) in [6.45, 7) is 1.09. The number of piperidine rings is 1. The Kier molecular flexibility index (Phi) is 5.59. The molecule has 0 radical (unpaired) electrons. The Balaban J connectivity index is 2.04. The maximum Gasteiger partial charge on any atom is 0.244 e. The highest BCUT2D eigenvalue weighted by atomic mass is 79.9. The normalized spacial score (nSPS) is 16.0. The van der Waals surface area contributed by atoms with Crippen molar-refractivity contribution in [2.24, 2.45) is 0 Å². The van der Waals surface area contributed by atoms with Gasteiger partial charge in [-0.05, 0) is 41.3 Å². The zero-order valence-corrected chi connectivity index (χ0v) is 14.3. The molecule has 2 heterocycles. The lowest BCUT2D eigenvalue weighted by atomic mass is 10.1. The van der Waals surface area contributed by atoms with E-state index in [9.17, 15) is 13.2 Å². The topological polar surface area (TPSA) is 79.4 Å². The number of hydrogen-bond acceptors (Lipinski definition) is 4. The summed E-state index contributed by atoms with van der Waals surface area (Å²) in [6.07, 6.45) is 4.43. The third kappa shape index (κ3) is 4.38. The van der Waals surface area contributed by atoms with E-state index in [1.165, 1.54) is 12.3 Å². The monoisotopic (exact) mass is 395 g/mol. The Labute approximate surface area is 137 Å². The Morgan fingerprint density at radius 3 is 2.71 bits per heavy atom. The molecular weight excluding hydrogens is 382 g/mol. The van der Waals surface area contributed by atoms with Crippen LogP contribution >= 0.6 is 27.5 Å². The number of amides is 1. The van der Waals surface area contributed by atoms with E-state index < -0.39 is 10.0 Å². The van der Waals surface area contributed by atoms with E-state index in [1.807, 2.05) is 0 Å². The predicted molar refractivity (Wildman–Crippen MR) is 82.6 cm³/mol. The first kappa shape index (κ1) is 16.7. The molecule has 0 spiro atoms. The van der Waals surface area contributed by atoms with Crippen LogP contribution in [0.25, 0.3) is 0 Å². The van der Waals surface area contributed by atoms with Gasteiger partial charge in [-0.3, -0.25) is 4.79 Å². The zero-order valence-electron chi connectivity index (χ0n) is 11.2. The Morgan fingerprint density at radius 2 is 2.05 bits per heavy atom. The lowest BCUT2D eigenvalue weighted by Crippen LogP contribution is -2.42. The summed E-state index contributed by atoms with van der Waals surface area (Å²) in [5.74, 6) is -0.225. The van der Waals surface area contributed by atoms with Crippen LogP contribution in [0.4, 0.5) is 0 Å². The number of carbonyl (C=O) groups is 1. The molecule has 1 aliphatic heterocycles. The van der Waals surface area contributed by atoms with E-state index in [0.717, 1.165) is 19.3 Å². The number of sulfonamides is 1. The molecule has 6 nitrogen and oxygen atoms in total. The molecule has 21 heavy (non-hydrogen) atoms. The molecule has 9 heteroatoms. The molecule has 1 aliphatic rings. The molecule has 0 aromatic carbocycles. The van der Waals surface area contributed by atoms with Crippen LogP contribution in [0.2, 0.25) is 5.15 Å². The van der Waals surface area contributed by atoms with E-state index in [-0.39, 0.29) is 22.5 Å². The number of likely N-dealkylation sites (tertiary alicyclic amines) is 1. The lowest BCUT2D eigenvalue weighted by Gasteiger charge is -2.26. The average molecular weight is 397 g/mol. The fraction of sp³-hybridized carbons (Fsp3) is 0.500. The van der Waals surface area contributed by atoms with Crippen molar-refractivity contribution >= 4 is 43.5 Å². The summed E-state index contributed by atoms with van der Waals surface area (Å²) in [7, 11) is -3.87. The van der Waals surface area contributed by atoms with Gasteiger partial charge in [0, 0.05) is 23.8 Å². The van der Waals surface area contributed by atoms with Gasteiger partial charge < -0.3 is 4.90 Å². The molecule has 1 amide bonds. The largest absolute Gasteiger partial charge is 0.342 e. The average Bonchev–Trinajstić information content (AvgIpc) is 2.48. The van der Waals surface area contributed by atoms with E-state index in [2.05, 4.69) is 25.6 Å². The van der Waals surface area contributed by atoms with Crippen molar-refractivity contribution in [3.05, 3.63) is 21.9 Å². The van der Waals surface area contributed by atoms with Crippen molar-refractivity contribution in [1.29, 1.82) is 0 Å². The zero-order chi connectivity index (χ0) is 15.5. The molecule has 116 valence electrons. The molecule has 0 unspecified atom stereocenters. The van der Waals surface area contributed by atoms with Crippen molar-refractivity contribution in [2.75, 3.05) is 19.6 Å². The fourth-order valence-electron chi connectivity index (χ4n) is 2.08. The van der Waals surface area contributed by atoms with Gasteiger partial charge in [0.05, 0.1) is 6.54 Å². The summed E-state index contributed by atoms with van der Waals surface area (Å²) in [5.41, 5.74) is 0. The summed E-state index contributed by atoms with van der Waals surface area (Å²) in [5, 5.41) is -0.129. The number of aromatic nitrogens is 1. The second-order valence-corrected chi connectivity index (χ2v) is 7.72. The molecule has 2 rings (SSSR count). The second-order valence-electron chi connectivity index (χ2n) is 4.71. The fourth-order valence-corrected chi connectivity index (χ4v) is 4.00. The Bertz CT molecular complexity index is 633. The quantitative estimate of drug-likeness (QED) is 0.787. The van der Waals surface area contributed by atoms with Crippen molar-refractivity contribution in [2.45, 2.75) is 24.2 Å². The molecular formula is C12H15BrClN3O3S. The minimum atomic E-state index is -3.87. The van der Waals surface area contributed by atoms with E-state index >= 15 is 0 Å². The molecule has 0 aliphatic carbocycles. The minimum Gasteiger partial charge on any atom is -0.342 e. The molecule has 1 saturated heterocycles. The Hall–Kier alpha value is -0.700. The maximum atomic E-state index is 12.2. The van der Waals surface area contributed by atoms with Crippen LogP contribution in [0.15, 0.2) is 21.6 Å². The molecule has 1 aromatic rings. The number of halogens is 2. The van der Waals surface area contributed by atoms with Gasteiger partial charge in [0.15, 0.2) is 0 Å². The first-order chi connectivity index (χ1) is 9.90. The third-order valence-corrected chi connectivity index (χ3v) is 5.45. The molecule has 0 atom stereocenters. The van der Waals surface area contributed by atoms with Gasteiger partial charge >= 0.3 is 0 Å². The van der Waals surface area contributed by atoms with Crippen LogP contribution in [-0.2, 0) is 14.8 Å². The molecule has 0 saturated carbocycles. The van der Waals surface area contributed by atoms with Crippen LogP contribution in [-0.4, -0.2) is 43.8 Å². The van der Waals surface area contributed by atoms with Crippen LogP contribution in [0.3, 0.4) is 0 Å². The van der Waals surface area contributed by atoms with Crippen LogP contribution in [0, 0.1) is 0 Å². The first-order valence-corrected chi connectivity index (χ1v) is 9.14. The highest BCUT2D eigenvalue weighted by Crippen LogP contribution is 2.22. The minimum absolute atomic E-state index is 0.129. The second kappa shape index (κ2) is 7.04. The van der Waals surface area contributed by atoms with Crippen LogP contribution in [0.5, 0.6) is 0 Å². The third-order valence-electron chi connectivity index (χ3n) is 3.19. The molecule has 1 fully saturated rings. The summed E-state index contributed by atoms with van der Waals surface area (Å²) in [4.78, 5) is 17.3. The number of hydrogen-bond donors (Lipinski definition) is 1. The van der Waals surface area contributed by atoms with Crippen molar-refractivity contribution in [1.82, 2.24) is 14.6 Å². The maximum absolute atomic E-state index is 12.2. The van der Waals surface area contributed by atoms with E-state index in [0.29, 0.717) is 17.6 Å². The number of nitrogens with one attached hydrogen (secondary N) is 1. The standard InChI is InChI=1S/C12H15BrClN3O3S/c13-9-6-10(12(14)15-7-9)21(19,20)16-8-11(18)17-4-2-1-3-5-17/h6-7,16H,1-5,8H2. The van der Waals surface area contributed by atoms with Crippen molar-refractivity contribution < 1.29 is 13.2 Å². The van der Waals surface area contributed by atoms with Crippen LogP contribution < -0.4 is 4.72 Å². The lowest BCUT2D eigenvalue weighted by molar-refractivity contribution is -0.130. The molecule has 0 bridgehead atoms. The Morgan fingerprint density at radius 1 is 1.38 bits per heavy atom. The van der Waals surface area contributed by atoms with Crippen molar-refractivity contribution in [3.8, 4) is 0 Å². The van der Waals surface area contributed by atoms with Gasteiger partial charge in [-0.25, -0.2) is 18.1 Å². The summed E-state index contributed by atoms with van der Waals surface area (Å²) in [6, 6.07) is 1.35. The predicted octanol–water partition coefficient (Wildman–Crippen LogP) is 1.79. The summed E-state index contributed by atoms with van der Waals surface area (Å²) >= 11 is 8.94. The van der Waals surface area contributed by atoms with Gasteiger partial charge in [0.1, 0.15) is 10.0 Å². The van der Waals surface area contributed by atoms with Gasteiger partial charge in [0.2, 0.25) is 15.9 Å². The molecule has 1 N–H and O–H groups in total. The SMILES string of the molecule is O=C(CNS(=O)(=O)c1cc(Br)cnc1Cl)N1CCCCC1. The number of carbonyl (C=O) groups excluding carboxylic acids is 1. The highest BCUT2D eigenvalue weighted by Gasteiger charge is 2.22. The van der Waals surface area contributed by atoms with E-state index in [1.54, 1.807) is 4.90 Å². The summed E-state index contributed by atoms with van der Waals surface area (Å²) < 4.78 is 27.1.